The van der Waals surface area contributed by atoms with Gasteiger partial charge in [0.05, 0.1) is 12.2 Å². The second-order valence-electron chi connectivity index (χ2n) is 4.04. The average Bonchev–Trinajstić information content (AvgIpc) is 2.45. The SMILES string of the molecule is O=C(C=Cc1ccc(Cl)cc1Cl)NCc1ccccn1. The Morgan fingerprint density at radius 1 is 1.25 bits per heavy atom. The lowest BCUT2D eigenvalue weighted by molar-refractivity contribution is -0.116. The van der Waals surface area contributed by atoms with Crippen molar-refractivity contribution < 1.29 is 4.79 Å². The highest BCUT2D eigenvalue weighted by Gasteiger charge is 2.00. The average molecular weight is 307 g/mol. The van der Waals surface area contributed by atoms with Crippen molar-refractivity contribution in [3.05, 3.63) is 70.0 Å². The number of aromatic nitrogens is 1. The highest BCUT2D eigenvalue weighted by Crippen LogP contribution is 2.21. The topological polar surface area (TPSA) is 42.0 Å². The van der Waals surface area contributed by atoms with E-state index in [1.807, 2.05) is 18.2 Å². The summed E-state index contributed by atoms with van der Waals surface area (Å²) in [6, 6.07) is 10.7. The molecule has 0 saturated carbocycles. The molecule has 0 fully saturated rings. The number of rotatable bonds is 4. The molecule has 0 radical (unpaired) electrons. The molecule has 1 heterocycles. The van der Waals surface area contributed by atoms with Gasteiger partial charge in [-0.05, 0) is 35.9 Å². The van der Waals surface area contributed by atoms with E-state index in [1.54, 1.807) is 30.5 Å². The molecule has 102 valence electrons. The van der Waals surface area contributed by atoms with Gasteiger partial charge in [0.15, 0.2) is 0 Å². The van der Waals surface area contributed by atoms with Crippen LogP contribution in [0.1, 0.15) is 11.3 Å². The number of hydrogen-bond donors (Lipinski definition) is 1. The van der Waals surface area contributed by atoms with Crippen LogP contribution in [0.25, 0.3) is 6.08 Å². The highest BCUT2D eigenvalue weighted by atomic mass is 35.5. The van der Waals surface area contributed by atoms with Crippen LogP contribution in [0.2, 0.25) is 10.0 Å². The Bertz CT molecular complexity index is 627. The van der Waals surface area contributed by atoms with Crippen LogP contribution in [0.3, 0.4) is 0 Å². The molecule has 1 N–H and O–H groups in total. The van der Waals surface area contributed by atoms with E-state index in [0.29, 0.717) is 16.6 Å². The molecule has 5 heteroatoms. The van der Waals surface area contributed by atoms with E-state index in [1.165, 1.54) is 6.08 Å². The van der Waals surface area contributed by atoms with Crippen molar-refractivity contribution in [1.29, 1.82) is 0 Å². The molecule has 1 amide bonds. The van der Waals surface area contributed by atoms with Crippen LogP contribution in [0.15, 0.2) is 48.7 Å². The highest BCUT2D eigenvalue weighted by molar-refractivity contribution is 6.35. The van der Waals surface area contributed by atoms with Gasteiger partial charge in [-0.3, -0.25) is 9.78 Å². The van der Waals surface area contributed by atoms with Crippen molar-refractivity contribution in [3.8, 4) is 0 Å². The van der Waals surface area contributed by atoms with Gasteiger partial charge in [-0.2, -0.15) is 0 Å². The summed E-state index contributed by atoms with van der Waals surface area (Å²) in [5.74, 6) is -0.207. The molecule has 0 aliphatic carbocycles. The molecule has 0 atom stereocenters. The first-order valence-corrected chi connectivity index (χ1v) is 6.71. The molecule has 1 aromatic heterocycles. The maximum Gasteiger partial charge on any atom is 0.244 e. The summed E-state index contributed by atoms with van der Waals surface area (Å²) in [6.07, 6.45) is 4.76. The van der Waals surface area contributed by atoms with E-state index in [2.05, 4.69) is 10.3 Å². The van der Waals surface area contributed by atoms with E-state index >= 15 is 0 Å². The summed E-state index contributed by atoms with van der Waals surface area (Å²) in [5, 5.41) is 3.81. The predicted molar refractivity (Wildman–Crippen MR) is 81.6 cm³/mol. The van der Waals surface area contributed by atoms with Crippen molar-refractivity contribution in [2.24, 2.45) is 0 Å². The van der Waals surface area contributed by atoms with Gasteiger partial charge >= 0.3 is 0 Å². The molecule has 2 aromatic rings. The van der Waals surface area contributed by atoms with Crippen LogP contribution in [0.4, 0.5) is 0 Å². The molecule has 0 saturated heterocycles. The normalized spacial score (nSPS) is 10.7. The molecule has 0 unspecified atom stereocenters. The number of halogens is 2. The third-order valence-electron chi connectivity index (χ3n) is 2.55. The number of nitrogens with zero attached hydrogens (tertiary/aromatic N) is 1. The third kappa shape index (κ3) is 4.37. The Morgan fingerprint density at radius 3 is 2.80 bits per heavy atom. The standard InChI is InChI=1S/C15H12Cl2N2O/c16-12-6-4-11(14(17)9-12)5-7-15(20)19-10-13-3-1-2-8-18-13/h1-9H,10H2,(H,19,20). The Labute approximate surface area is 127 Å². The lowest BCUT2D eigenvalue weighted by Gasteiger charge is -2.01. The molecule has 3 nitrogen and oxygen atoms in total. The van der Waals surface area contributed by atoms with Crippen molar-refractivity contribution in [3.63, 3.8) is 0 Å². The lowest BCUT2D eigenvalue weighted by Crippen LogP contribution is -2.20. The summed E-state index contributed by atoms with van der Waals surface area (Å²) in [5.41, 5.74) is 1.54. The molecular weight excluding hydrogens is 295 g/mol. The van der Waals surface area contributed by atoms with E-state index in [9.17, 15) is 4.79 Å². The minimum absolute atomic E-state index is 0.207. The summed E-state index contributed by atoms with van der Waals surface area (Å²) >= 11 is 11.8. The molecule has 0 bridgehead atoms. The van der Waals surface area contributed by atoms with Crippen LogP contribution < -0.4 is 5.32 Å². The zero-order valence-electron chi connectivity index (χ0n) is 10.5. The summed E-state index contributed by atoms with van der Waals surface area (Å²) in [7, 11) is 0. The monoisotopic (exact) mass is 306 g/mol. The predicted octanol–water partition coefficient (Wildman–Crippen LogP) is 3.72. The zero-order valence-corrected chi connectivity index (χ0v) is 12.0. The van der Waals surface area contributed by atoms with Crippen molar-refractivity contribution >= 4 is 35.2 Å². The van der Waals surface area contributed by atoms with Gasteiger partial charge in [0.25, 0.3) is 0 Å². The molecule has 1 aromatic carbocycles. The minimum Gasteiger partial charge on any atom is -0.347 e. The fourth-order valence-electron chi connectivity index (χ4n) is 1.54. The largest absolute Gasteiger partial charge is 0.347 e. The quantitative estimate of drug-likeness (QED) is 0.875. The van der Waals surface area contributed by atoms with Gasteiger partial charge in [0.2, 0.25) is 5.91 Å². The Kier molecular flexibility index (Phi) is 5.16. The fraction of sp³-hybridized carbons (Fsp3) is 0.0667. The molecule has 0 aliphatic rings. The third-order valence-corrected chi connectivity index (χ3v) is 3.11. The van der Waals surface area contributed by atoms with Gasteiger partial charge in [-0.1, -0.05) is 35.3 Å². The summed E-state index contributed by atoms with van der Waals surface area (Å²) in [6.45, 7) is 0.387. The van der Waals surface area contributed by atoms with E-state index in [4.69, 9.17) is 23.2 Å². The molecule has 0 aliphatic heterocycles. The second-order valence-corrected chi connectivity index (χ2v) is 4.88. The van der Waals surface area contributed by atoms with Crippen molar-refractivity contribution in [2.75, 3.05) is 0 Å². The minimum atomic E-state index is -0.207. The molecule has 2 rings (SSSR count). The first-order valence-electron chi connectivity index (χ1n) is 5.96. The number of benzene rings is 1. The maximum atomic E-state index is 11.7. The number of carbonyl (C=O) groups is 1. The summed E-state index contributed by atoms with van der Waals surface area (Å²) in [4.78, 5) is 15.8. The molecular formula is C15H12Cl2N2O. The fourth-order valence-corrected chi connectivity index (χ4v) is 2.01. The van der Waals surface area contributed by atoms with Gasteiger partial charge in [-0.15, -0.1) is 0 Å². The van der Waals surface area contributed by atoms with Crippen LogP contribution in [-0.2, 0) is 11.3 Å². The lowest BCUT2D eigenvalue weighted by atomic mass is 10.2. The Hall–Kier alpha value is -1.84. The van der Waals surface area contributed by atoms with Crippen LogP contribution in [0, 0.1) is 0 Å². The number of hydrogen-bond acceptors (Lipinski definition) is 2. The number of pyridine rings is 1. The van der Waals surface area contributed by atoms with Crippen LogP contribution in [0.5, 0.6) is 0 Å². The van der Waals surface area contributed by atoms with Gasteiger partial charge in [0.1, 0.15) is 0 Å². The van der Waals surface area contributed by atoms with Crippen molar-refractivity contribution in [2.45, 2.75) is 6.54 Å². The maximum absolute atomic E-state index is 11.7. The van der Waals surface area contributed by atoms with Gasteiger partial charge in [-0.25, -0.2) is 0 Å². The first kappa shape index (κ1) is 14.6. The molecule has 0 spiro atoms. The van der Waals surface area contributed by atoms with Crippen LogP contribution >= 0.6 is 23.2 Å². The number of carbonyl (C=O) groups excluding carboxylic acids is 1. The Morgan fingerprint density at radius 2 is 2.10 bits per heavy atom. The van der Waals surface area contributed by atoms with E-state index in [-0.39, 0.29) is 5.91 Å². The number of nitrogens with one attached hydrogen (secondary N) is 1. The zero-order chi connectivity index (χ0) is 14.4. The summed E-state index contributed by atoms with van der Waals surface area (Å²) < 4.78 is 0. The van der Waals surface area contributed by atoms with Crippen molar-refractivity contribution in [1.82, 2.24) is 10.3 Å². The smallest absolute Gasteiger partial charge is 0.244 e. The van der Waals surface area contributed by atoms with E-state index in [0.717, 1.165) is 11.3 Å². The molecule has 20 heavy (non-hydrogen) atoms. The number of amides is 1. The van der Waals surface area contributed by atoms with Gasteiger partial charge in [0, 0.05) is 22.3 Å². The second kappa shape index (κ2) is 7.08. The Balaban J connectivity index is 1.92. The van der Waals surface area contributed by atoms with Gasteiger partial charge < -0.3 is 5.32 Å². The van der Waals surface area contributed by atoms with Crippen LogP contribution in [-0.4, -0.2) is 10.9 Å². The van der Waals surface area contributed by atoms with E-state index < -0.39 is 0 Å². The first-order chi connectivity index (χ1) is 9.65.